The fraction of sp³-hybridized carbons (Fsp3) is 0.231. The van der Waals surface area contributed by atoms with Gasteiger partial charge < -0.3 is 10.2 Å². The first-order chi connectivity index (χ1) is 8.08. The summed E-state index contributed by atoms with van der Waals surface area (Å²) >= 11 is 0. The average Bonchev–Trinajstić information content (AvgIpc) is 2.26. The van der Waals surface area contributed by atoms with Crippen molar-refractivity contribution in [2.75, 3.05) is 0 Å². The van der Waals surface area contributed by atoms with Gasteiger partial charge in [-0.25, -0.2) is 0 Å². The van der Waals surface area contributed by atoms with Crippen LogP contribution in [0.4, 0.5) is 0 Å². The molecule has 90 valence electrons. The predicted octanol–water partition coefficient (Wildman–Crippen LogP) is 1.49. The monoisotopic (exact) mass is 234 g/mol. The Kier molecular flexibility index (Phi) is 5.10. The first kappa shape index (κ1) is 13.1. The van der Waals surface area contributed by atoms with Crippen molar-refractivity contribution in [3.63, 3.8) is 0 Å². The molecule has 0 aliphatic rings. The molecular formula is C13H14O4. The van der Waals surface area contributed by atoms with Gasteiger partial charge in [-0.3, -0.25) is 9.59 Å². The van der Waals surface area contributed by atoms with Gasteiger partial charge in [-0.15, -0.1) is 0 Å². The molecule has 0 bridgehead atoms. The highest BCUT2D eigenvalue weighted by molar-refractivity contribution is 5.94. The highest BCUT2D eigenvalue weighted by Gasteiger charge is 2.12. The third-order valence-electron chi connectivity index (χ3n) is 2.11. The minimum atomic E-state index is -1.12. The Morgan fingerprint density at radius 3 is 2.41 bits per heavy atom. The summed E-state index contributed by atoms with van der Waals surface area (Å²) in [5.74, 6) is -1.40. The third kappa shape index (κ3) is 5.63. The Labute approximate surface area is 99.2 Å². The molecule has 0 aliphatic heterocycles. The van der Waals surface area contributed by atoms with Crippen molar-refractivity contribution in [3.05, 3.63) is 42.0 Å². The van der Waals surface area contributed by atoms with Gasteiger partial charge >= 0.3 is 5.97 Å². The van der Waals surface area contributed by atoms with Crippen LogP contribution in [0.5, 0.6) is 0 Å². The van der Waals surface area contributed by atoms with Crippen LogP contribution < -0.4 is 0 Å². The van der Waals surface area contributed by atoms with E-state index in [0.29, 0.717) is 0 Å². The molecule has 0 saturated heterocycles. The average molecular weight is 234 g/mol. The van der Waals surface area contributed by atoms with Crippen molar-refractivity contribution in [2.45, 2.75) is 18.9 Å². The van der Waals surface area contributed by atoms with Gasteiger partial charge in [0.05, 0.1) is 12.5 Å². The van der Waals surface area contributed by atoms with Gasteiger partial charge in [-0.05, 0) is 11.6 Å². The van der Waals surface area contributed by atoms with Crippen molar-refractivity contribution in [2.24, 2.45) is 0 Å². The Hall–Kier alpha value is -1.94. The first-order valence-electron chi connectivity index (χ1n) is 5.24. The minimum absolute atomic E-state index is 0.171. The molecule has 1 atom stereocenters. The van der Waals surface area contributed by atoms with Gasteiger partial charge in [0.2, 0.25) is 0 Å². The lowest BCUT2D eigenvalue weighted by molar-refractivity contribution is -0.139. The second-order valence-electron chi connectivity index (χ2n) is 3.67. The van der Waals surface area contributed by atoms with Crippen LogP contribution >= 0.6 is 0 Å². The number of carboxylic acids is 1. The smallest absolute Gasteiger partial charge is 0.305 e. The Morgan fingerprint density at radius 2 is 1.82 bits per heavy atom. The number of rotatable bonds is 6. The molecule has 1 aromatic carbocycles. The molecule has 0 spiro atoms. The summed E-state index contributed by atoms with van der Waals surface area (Å²) in [4.78, 5) is 21.6. The molecular weight excluding hydrogens is 220 g/mol. The molecule has 2 N–H and O–H groups in total. The number of aliphatic hydroxyl groups excluding tert-OH is 1. The van der Waals surface area contributed by atoms with Crippen LogP contribution in [0.2, 0.25) is 0 Å². The maximum Gasteiger partial charge on any atom is 0.305 e. The van der Waals surface area contributed by atoms with Crippen LogP contribution in [0.25, 0.3) is 6.08 Å². The number of carboxylic acid groups (broad SMARTS) is 1. The molecule has 4 heteroatoms. The maximum absolute atomic E-state index is 11.4. The van der Waals surface area contributed by atoms with Crippen LogP contribution in [-0.2, 0) is 9.59 Å². The summed E-state index contributed by atoms with van der Waals surface area (Å²) in [5, 5.41) is 17.7. The summed E-state index contributed by atoms with van der Waals surface area (Å²) < 4.78 is 0. The quantitative estimate of drug-likeness (QED) is 0.731. The van der Waals surface area contributed by atoms with Crippen LogP contribution in [0, 0.1) is 0 Å². The first-order valence-corrected chi connectivity index (χ1v) is 5.24. The normalized spacial score (nSPS) is 12.5. The van der Waals surface area contributed by atoms with E-state index in [2.05, 4.69) is 0 Å². The molecule has 0 aliphatic carbocycles. The Bertz CT molecular complexity index is 409. The third-order valence-corrected chi connectivity index (χ3v) is 2.11. The summed E-state index contributed by atoms with van der Waals surface area (Å²) in [5.41, 5.74) is 0.883. The second-order valence-corrected chi connectivity index (χ2v) is 3.67. The van der Waals surface area contributed by atoms with Crippen LogP contribution in [0.15, 0.2) is 36.4 Å². The highest BCUT2D eigenvalue weighted by Crippen LogP contribution is 2.04. The largest absolute Gasteiger partial charge is 0.481 e. The SMILES string of the molecule is O=C(O)C[C@@H](O)CC(=O)C=Cc1ccccc1. The van der Waals surface area contributed by atoms with Crippen LogP contribution in [-0.4, -0.2) is 28.1 Å². The number of carbonyl (C=O) groups is 2. The summed E-state index contributed by atoms with van der Waals surface area (Å²) in [7, 11) is 0. The van der Waals surface area contributed by atoms with Gasteiger partial charge in [-0.2, -0.15) is 0 Å². The van der Waals surface area contributed by atoms with Crippen LogP contribution in [0.1, 0.15) is 18.4 Å². The molecule has 1 rings (SSSR count). The molecule has 0 fully saturated rings. The molecule has 0 amide bonds. The van der Waals surface area contributed by atoms with E-state index < -0.39 is 18.5 Å². The number of ketones is 1. The minimum Gasteiger partial charge on any atom is -0.481 e. The second kappa shape index (κ2) is 6.60. The highest BCUT2D eigenvalue weighted by atomic mass is 16.4. The summed E-state index contributed by atoms with van der Waals surface area (Å²) in [6.45, 7) is 0. The van der Waals surface area contributed by atoms with Crippen LogP contribution in [0.3, 0.4) is 0 Å². The van der Waals surface area contributed by atoms with Gasteiger partial charge in [0.1, 0.15) is 0 Å². The number of allylic oxidation sites excluding steroid dienone is 1. The number of carbonyl (C=O) groups excluding carboxylic acids is 1. The number of aliphatic hydroxyl groups is 1. The molecule has 0 unspecified atom stereocenters. The van der Waals surface area contributed by atoms with Gasteiger partial charge in [0.15, 0.2) is 5.78 Å². The zero-order valence-electron chi connectivity index (χ0n) is 9.24. The van der Waals surface area contributed by atoms with Crippen molar-refractivity contribution in [3.8, 4) is 0 Å². The number of benzene rings is 1. The number of hydrogen-bond acceptors (Lipinski definition) is 3. The van der Waals surface area contributed by atoms with E-state index in [-0.39, 0.29) is 12.2 Å². The van der Waals surface area contributed by atoms with Crippen molar-refractivity contribution in [1.29, 1.82) is 0 Å². The van der Waals surface area contributed by atoms with Gasteiger partial charge in [0, 0.05) is 6.42 Å². The van der Waals surface area contributed by atoms with E-state index >= 15 is 0 Å². The number of aliphatic carboxylic acids is 1. The molecule has 4 nitrogen and oxygen atoms in total. The van der Waals surface area contributed by atoms with E-state index in [1.54, 1.807) is 6.08 Å². The zero-order chi connectivity index (χ0) is 12.7. The van der Waals surface area contributed by atoms with Crippen molar-refractivity contribution < 1.29 is 19.8 Å². The standard InChI is InChI=1S/C13H14O4/c14-11(8-12(15)9-13(16)17)7-6-10-4-2-1-3-5-10/h1-7,12,15H,8-9H2,(H,16,17)/t12-/m0/s1. The molecule has 0 heterocycles. The zero-order valence-corrected chi connectivity index (χ0v) is 9.24. The molecule has 17 heavy (non-hydrogen) atoms. The van der Waals surface area contributed by atoms with E-state index in [0.717, 1.165) is 5.56 Å². The summed E-state index contributed by atoms with van der Waals surface area (Å²) in [6, 6.07) is 9.26. The lowest BCUT2D eigenvalue weighted by Gasteiger charge is -2.03. The van der Waals surface area contributed by atoms with Crippen molar-refractivity contribution in [1.82, 2.24) is 0 Å². The fourth-order valence-electron chi connectivity index (χ4n) is 1.33. The Balaban J connectivity index is 2.44. The predicted molar refractivity (Wildman–Crippen MR) is 63.4 cm³/mol. The van der Waals surface area contributed by atoms with Gasteiger partial charge in [-0.1, -0.05) is 36.4 Å². The lowest BCUT2D eigenvalue weighted by atomic mass is 10.1. The van der Waals surface area contributed by atoms with E-state index in [1.807, 2.05) is 30.3 Å². The molecule has 0 aromatic heterocycles. The Morgan fingerprint density at radius 1 is 1.18 bits per heavy atom. The lowest BCUT2D eigenvalue weighted by Crippen LogP contribution is -2.16. The molecule has 0 saturated carbocycles. The van der Waals surface area contributed by atoms with E-state index in [1.165, 1.54) is 6.08 Å². The topological polar surface area (TPSA) is 74.6 Å². The molecule has 1 aromatic rings. The van der Waals surface area contributed by atoms with E-state index in [9.17, 15) is 14.7 Å². The van der Waals surface area contributed by atoms with Crippen molar-refractivity contribution >= 4 is 17.8 Å². The number of hydrogen-bond donors (Lipinski definition) is 2. The van der Waals surface area contributed by atoms with Gasteiger partial charge in [0.25, 0.3) is 0 Å². The fourth-order valence-corrected chi connectivity index (χ4v) is 1.33. The summed E-state index contributed by atoms with van der Waals surface area (Å²) in [6.07, 6.45) is 1.27. The maximum atomic E-state index is 11.4. The van der Waals surface area contributed by atoms with E-state index in [4.69, 9.17) is 5.11 Å². The molecule has 0 radical (unpaired) electrons.